The molecule has 0 unspecified atom stereocenters. The van der Waals surface area contributed by atoms with Crippen LogP contribution in [0.25, 0.3) is 11.4 Å². The van der Waals surface area contributed by atoms with Gasteiger partial charge in [0.1, 0.15) is 0 Å². The van der Waals surface area contributed by atoms with Crippen LogP contribution in [-0.2, 0) is 6.54 Å². The summed E-state index contributed by atoms with van der Waals surface area (Å²) in [5.41, 5.74) is 0.929. The predicted molar refractivity (Wildman–Crippen MR) is 63.3 cm³/mol. The molecule has 0 saturated carbocycles. The quantitative estimate of drug-likeness (QED) is 0.825. The summed E-state index contributed by atoms with van der Waals surface area (Å²) >= 11 is 5.20. The smallest absolute Gasteiger partial charge is 0.195 e. The highest BCUT2D eigenvalue weighted by Crippen LogP contribution is 2.15. The molecule has 2 rings (SSSR count). The minimum absolute atomic E-state index is 0.653. The highest BCUT2D eigenvalue weighted by Gasteiger charge is 2.07. The molecule has 0 atom stereocenters. The Morgan fingerprint density at radius 2 is 2.31 bits per heavy atom. The second-order valence-electron chi connectivity index (χ2n) is 3.49. The summed E-state index contributed by atoms with van der Waals surface area (Å²) in [5, 5.41) is 14.6. The Kier molecular flexibility index (Phi) is 3.40. The van der Waals surface area contributed by atoms with Crippen LogP contribution in [0.2, 0.25) is 0 Å². The molecule has 2 aromatic rings. The highest BCUT2D eigenvalue weighted by molar-refractivity contribution is 7.71. The minimum atomic E-state index is 0.653. The summed E-state index contributed by atoms with van der Waals surface area (Å²) in [6, 6.07) is 1.88. The zero-order chi connectivity index (χ0) is 11.4. The first-order chi connectivity index (χ1) is 7.83. The van der Waals surface area contributed by atoms with Crippen LogP contribution in [0.1, 0.15) is 19.8 Å². The first-order valence-electron chi connectivity index (χ1n) is 5.25. The van der Waals surface area contributed by atoms with Crippen LogP contribution in [0.5, 0.6) is 0 Å². The second kappa shape index (κ2) is 4.98. The summed E-state index contributed by atoms with van der Waals surface area (Å²) in [7, 11) is 0. The number of hydrogen-bond acceptors (Lipinski definition) is 4. The minimum Gasteiger partial charge on any atom is -0.300 e. The summed E-state index contributed by atoms with van der Waals surface area (Å²) < 4.78 is 2.65. The van der Waals surface area contributed by atoms with Crippen molar-refractivity contribution in [2.45, 2.75) is 26.3 Å². The van der Waals surface area contributed by atoms with Crippen molar-refractivity contribution in [3.63, 3.8) is 0 Å². The fourth-order valence-corrected chi connectivity index (χ4v) is 1.71. The van der Waals surface area contributed by atoms with Crippen LogP contribution in [0, 0.1) is 4.77 Å². The van der Waals surface area contributed by atoms with Gasteiger partial charge < -0.3 is 4.57 Å². The summed E-state index contributed by atoms with van der Waals surface area (Å²) in [4.78, 5) is 0. The monoisotopic (exact) mass is 235 g/mol. The molecule has 1 N–H and O–H groups in total. The molecule has 0 saturated heterocycles. The number of H-pyrrole nitrogens is 1. The average molecular weight is 235 g/mol. The van der Waals surface area contributed by atoms with Gasteiger partial charge in [0.05, 0.1) is 12.4 Å². The van der Waals surface area contributed by atoms with E-state index in [0.29, 0.717) is 4.77 Å². The van der Waals surface area contributed by atoms with Crippen LogP contribution in [-0.4, -0.2) is 25.0 Å². The maximum atomic E-state index is 5.20. The highest BCUT2D eigenvalue weighted by atomic mass is 32.1. The summed E-state index contributed by atoms with van der Waals surface area (Å²) in [6.45, 7) is 3.03. The Bertz CT molecular complexity index is 501. The van der Waals surface area contributed by atoms with Gasteiger partial charge in [0.25, 0.3) is 0 Å². The zero-order valence-corrected chi connectivity index (χ0v) is 9.87. The normalized spacial score (nSPS) is 10.6. The molecule has 0 aliphatic heterocycles. The van der Waals surface area contributed by atoms with Gasteiger partial charge in [-0.25, -0.2) is 0 Å². The van der Waals surface area contributed by atoms with Crippen molar-refractivity contribution >= 4 is 12.2 Å². The molecule has 0 aliphatic carbocycles. The van der Waals surface area contributed by atoms with Gasteiger partial charge in [-0.15, -0.1) is 0 Å². The van der Waals surface area contributed by atoms with Crippen molar-refractivity contribution in [1.82, 2.24) is 25.0 Å². The maximum absolute atomic E-state index is 5.20. The molecule has 0 aliphatic rings. The summed E-state index contributed by atoms with van der Waals surface area (Å²) in [5.74, 6) is 0.827. The third-order valence-corrected chi connectivity index (χ3v) is 2.65. The van der Waals surface area contributed by atoms with E-state index in [0.717, 1.165) is 30.8 Å². The molecule has 16 heavy (non-hydrogen) atoms. The SMILES string of the molecule is CCCCn1c(-c2ccnnc2)n[nH]c1=S. The van der Waals surface area contributed by atoms with Gasteiger partial charge in [-0.3, -0.25) is 5.10 Å². The molecule has 0 bridgehead atoms. The van der Waals surface area contributed by atoms with E-state index in [1.807, 2.05) is 10.6 Å². The molecule has 0 spiro atoms. The Balaban J connectivity index is 2.38. The number of nitrogens with zero attached hydrogens (tertiary/aromatic N) is 4. The van der Waals surface area contributed by atoms with Gasteiger partial charge in [0, 0.05) is 12.1 Å². The van der Waals surface area contributed by atoms with E-state index in [-0.39, 0.29) is 0 Å². The molecule has 5 nitrogen and oxygen atoms in total. The van der Waals surface area contributed by atoms with Crippen molar-refractivity contribution in [1.29, 1.82) is 0 Å². The van der Waals surface area contributed by atoms with Gasteiger partial charge in [-0.2, -0.15) is 15.3 Å². The molecule has 6 heteroatoms. The number of hydrogen-bond donors (Lipinski definition) is 1. The summed E-state index contributed by atoms with van der Waals surface area (Å²) in [6.07, 6.45) is 5.55. The van der Waals surface area contributed by atoms with Gasteiger partial charge in [-0.1, -0.05) is 13.3 Å². The maximum Gasteiger partial charge on any atom is 0.195 e. The molecule has 0 aromatic carbocycles. The number of aromatic nitrogens is 5. The van der Waals surface area contributed by atoms with Crippen molar-refractivity contribution < 1.29 is 0 Å². The Morgan fingerprint density at radius 3 is 3.00 bits per heavy atom. The number of unbranched alkanes of at least 4 members (excludes halogenated alkanes) is 1. The second-order valence-corrected chi connectivity index (χ2v) is 3.88. The van der Waals surface area contributed by atoms with Crippen molar-refractivity contribution in [3.8, 4) is 11.4 Å². The van der Waals surface area contributed by atoms with Crippen LogP contribution in [0.3, 0.4) is 0 Å². The van der Waals surface area contributed by atoms with E-state index < -0.39 is 0 Å². The van der Waals surface area contributed by atoms with Crippen molar-refractivity contribution in [3.05, 3.63) is 23.2 Å². The van der Waals surface area contributed by atoms with Crippen molar-refractivity contribution in [2.24, 2.45) is 0 Å². The van der Waals surface area contributed by atoms with Crippen LogP contribution in [0.15, 0.2) is 18.5 Å². The first kappa shape index (κ1) is 10.9. The van der Waals surface area contributed by atoms with Gasteiger partial charge >= 0.3 is 0 Å². The Labute approximate surface area is 98.5 Å². The molecular formula is C10H13N5S. The third-order valence-electron chi connectivity index (χ3n) is 2.34. The van der Waals surface area contributed by atoms with Crippen molar-refractivity contribution in [2.75, 3.05) is 0 Å². The third kappa shape index (κ3) is 2.16. The standard InChI is InChI=1S/C10H13N5S/c1-2-3-6-15-9(13-14-10(15)16)8-4-5-11-12-7-8/h4-5,7H,2-3,6H2,1H3,(H,14,16). The molecule has 0 amide bonds. The lowest BCUT2D eigenvalue weighted by molar-refractivity contribution is 0.628. The van der Waals surface area contributed by atoms with E-state index in [1.165, 1.54) is 0 Å². The molecule has 0 radical (unpaired) electrons. The first-order valence-corrected chi connectivity index (χ1v) is 5.66. The number of aromatic amines is 1. The van der Waals surface area contributed by atoms with E-state index in [2.05, 4.69) is 27.3 Å². The molecular weight excluding hydrogens is 222 g/mol. The molecule has 2 heterocycles. The van der Waals surface area contributed by atoms with E-state index >= 15 is 0 Å². The predicted octanol–water partition coefficient (Wildman–Crippen LogP) is 2.20. The lowest BCUT2D eigenvalue weighted by Crippen LogP contribution is -2.01. The van der Waals surface area contributed by atoms with Crippen LogP contribution < -0.4 is 0 Å². The largest absolute Gasteiger partial charge is 0.300 e. The lowest BCUT2D eigenvalue weighted by atomic mass is 10.3. The van der Waals surface area contributed by atoms with Gasteiger partial charge in [-0.05, 0) is 24.7 Å². The van der Waals surface area contributed by atoms with Gasteiger partial charge in [0.2, 0.25) is 0 Å². The number of rotatable bonds is 4. The lowest BCUT2D eigenvalue weighted by Gasteiger charge is -2.04. The van der Waals surface area contributed by atoms with Crippen LogP contribution >= 0.6 is 12.2 Å². The van der Waals surface area contributed by atoms with Crippen LogP contribution in [0.4, 0.5) is 0 Å². The van der Waals surface area contributed by atoms with E-state index in [9.17, 15) is 0 Å². The van der Waals surface area contributed by atoms with E-state index in [4.69, 9.17) is 12.2 Å². The van der Waals surface area contributed by atoms with Gasteiger partial charge in [0.15, 0.2) is 10.6 Å². The Morgan fingerprint density at radius 1 is 1.44 bits per heavy atom. The molecule has 0 fully saturated rings. The average Bonchev–Trinajstić information content (AvgIpc) is 2.69. The fourth-order valence-electron chi connectivity index (χ4n) is 1.48. The number of nitrogens with one attached hydrogen (secondary N) is 1. The molecule has 2 aromatic heterocycles. The van der Waals surface area contributed by atoms with E-state index in [1.54, 1.807) is 12.4 Å². The molecule has 84 valence electrons. The zero-order valence-electron chi connectivity index (χ0n) is 9.05. The Hall–Kier alpha value is -1.56. The topological polar surface area (TPSA) is 59.4 Å². The fraction of sp³-hybridized carbons (Fsp3) is 0.400.